The van der Waals surface area contributed by atoms with Gasteiger partial charge in [0.15, 0.2) is 0 Å². The molecule has 1 aromatic carbocycles. The van der Waals surface area contributed by atoms with Gasteiger partial charge in [-0.15, -0.1) is 6.42 Å². The van der Waals surface area contributed by atoms with Crippen molar-refractivity contribution in [2.45, 2.75) is 6.92 Å². The molecule has 0 amide bonds. The fourth-order valence-electron chi connectivity index (χ4n) is 1.91. The summed E-state index contributed by atoms with van der Waals surface area (Å²) in [6, 6.07) is 11.6. The van der Waals surface area contributed by atoms with Crippen LogP contribution in [-0.4, -0.2) is 4.98 Å². The summed E-state index contributed by atoms with van der Waals surface area (Å²) in [6.45, 7) is 1.68. The Morgan fingerprint density at radius 3 is 2.65 bits per heavy atom. The number of aromatic amines is 1. The molecule has 94 valence electrons. The number of aromatic nitrogens is 1. The Kier molecular flexibility index (Phi) is 3.71. The third-order valence-corrected chi connectivity index (χ3v) is 3.05. The minimum absolute atomic E-state index is 0.0388. The van der Waals surface area contributed by atoms with Crippen LogP contribution in [0.4, 0.5) is 0 Å². The van der Waals surface area contributed by atoms with Gasteiger partial charge in [0.05, 0.1) is 0 Å². The summed E-state index contributed by atoms with van der Waals surface area (Å²) in [5, 5.41) is 18.9. The molecule has 2 rings (SSSR count). The van der Waals surface area contributed by atoms with E-state index in [-0.39, 0.29) is 5.57 Å². The zero-order valence-corrected chi connectivity index (χ0v) is 10.9. The lowest BCUT2D eigenvalue weighted by Gasteiger charge is -2.01. The van der Waals surface area contributed by atoms with Gasteiger partial charge < -0.3 is 4.98 Å². The van der Waals surface area contributed by atoms with Crippen LogP contribution in [0.1, 0.15) is 12.5 Å². The highest BCUT2D eigenvalue weighted by Gasteiger charge is 2.05. The molecule has 0 aliphatic carbocycles. The summed E-state index contributed by atoms with van der Waals surface area (Å²) in [4.78, 5) is 3.12. The van der Waals surface area contributed by atoms with Crippen LogP contribution >= 0.6 is 0 Å². The topological polar surface area (TPSA) is 63.4 Å². The third-order valence-electron chi connectivity index (χ3n) is 3.05. The molecule has 3 nitrogen and oxygen atoms in total. The average molecular weight is 257 g/mol. The second-order valence-corrected chi connectivity index (χ2v) is 4.25. The van der Waals surface area contributed by atoms with E-state index in [1.54, 1.807) is 13.0 Å². The second kappa shape index (κ2) is 5.61. The van der Waals surface area contributed by atoms with Crippen LogP contribution in [0.25, 0.3) is 17.0 Å². The van der Waals surface area contributed by atoms with E-state index in [0.717, 1.165) is 16.5 Å². The normalized spacial score (nSPS) is 10.4. The molecule has 3 heteroatoms. The van der Waals surface area contributed by atoms with Crippen LogP contribution < -0.4 is 0 Å². The molecule has 2 aromatic rings. The summed E-state index contributed by atoms with van der Waals surface area (Å²) >= 11 is 0. The standard InChI is InChI=1S/C17H11N3/c1-3-14(12(2)16(10-18)11-19)8-13-4-5-17-15(9-13)6-7-20-17/h1,4-9,20H,2H3/b14-8+. The molecule has 0 aliphatic rings. The van der Waals surface area contributed by atoms with Crippen LogP contribution in [0.5, 0.6) is 0 Å². The van der Waals surface area contributed by atoms with Crippen LogP contribution in [0, 0.1) is 35.0 Å². The summed E-state index contributed by atoms with van der Waals surface area (Å²) in [7, 11) is 0. The molecule has 0 atom stereocenters. The molecule has 20 heavy (non-hydrogen) atoms. The molecule has 0 radical (unpaired) electrons. The lowest BCUT2D eigenvalue weighted by Crippen LogP contribution is -1.88. The van der Waals surface area contributed by atoms with Gasteiger partial charge in [0.25, 0.3) is 0 Å². The zero-order valence-electron chi connectivity index (χ0n) is 10.9. The lowest BCUT2D eigenvalue weighted by molar-refractivity contribution is 1.38. The van der Waals surface area contributed by atoms with Crippen molar-refractivity contribution < 1.29 is 0 Å². The predicted octanol–water partition coefficient (Wildman–Crippen LogP) is 3.55. The van der Waals surface area contributed by atoms with Crippen molar-refractivity contribution in [3.05, 3.63) is 52.7 Å². The number of nitrogens with one attached hydrogen (secondary N) is 1. The molecule has 0 aliphatic heterocycles. The fraction of sp³-hybridized carbons (Fsp3) is 0.0588. The SMILES string of the molecule is C#C/C(=C\c1ccc2[nH]ccc2c1)C(C)=C(C#N)C#N. The summed E-state index contributed by atoms with van der Waals surface area (Å²) < 4.78 is 0. The highest BCUT2D eigenvalue weighted by atomic mass is 14.7. The monoisotopic (exact) mass is 257 g/mol. The Hall–Kier alpha value is -3.22. The van der Waals surface area contributed by atoms with Crippen LogP contribution in [0.15, 0.2) is 47.2 Å². The van der Waals surface area contributed by atoms with Crippen molar-refractivity contribution in [1.29, 1.82) is 10.5 Å². The Morgan fingerprint density at radius 1 is 1.25 bits per heavy atom. The number of fused-ring (bicyclic) bond motifs is 1. The number of nitriles is 2. The molecule has 0 saturated heterocycles. The number of H-pyrrole nitrogens is 1. The van der Waals surface area contributed by atoms with E-state index in [1.807, 2.05) is 42.6 Å². The lowest BCUT2D eigenvalue weighted by atomic mass is 10.0. The molecular weight excluding hydrogens is 246 g/mol. The number of hydrogen-bond donors (Lipinski definition) is 1. The maximum atomic E-state index is 8.89. The zero-order chi connectivity index (χ0) is 14.5. The van der Waals surface area contributed by atoms with Crippen LogP contribution in [-0.2, 0) is 0 Å². The minimum Gasteiger partial charge on any atom is -0.361 e. The molecule has 1 N–H and O–H groups in total. The number of hydrogen-bond acceptors (Lipinski definition) is 2. The van der Waals surface area contributed by atoms with E-state index < -0.39 is 0 Å². The first-order chi connectivity index (χ1) is 9.69. The van der Waals surface area contributed by atoms with E-state index in [1.165, 1.54) is 0 Å². The van der Waals surface area contributed by atoms with Gasteiger partial charge in [-0.05, 0) is 47.7 Å². The number of benzene rings is 1. The summed E-state index contributed by atoms with van der Waals surface area (Å²) in [5.74, 6) is 2.53. The minimum atomic E-state index is 0.0388. The highest BCUT2D eigenvalue weighted by Crippen LogP contribution is 2.20. The van der Waals surface area contributed by atoms with Crippen molar-refractivity contribution in [2.24, 2.45) is 0 Å². The van der Waals surface area contributed by atoms with Gasteiger partial charge >= 0.3 is 0 Å². The molecule has 0 saturated carbocycles. The summed E-state index contributed by atoms with van der Waals surface area (Å²) in [6.07, 6.45) is 9.16. The highest BCUT2D eigenvalue weighted by molar-refractivity contribution is 5.83. The van der Waals surface area contributed by atoms with E-state index in [2.05, 4.69) is 10.9 Å². The van der Waals surface area contributed by atoms with Gasteiger partial charge in [-0.2, -0.15) is 10.5 Å². The maximum Gasteiger partial charge on any atom is 0.133 e. The Labute approximate surface area is 117 Å². The first-order valence-electron chi connectivity index (χ1n) is 5.96. The van der Waals surface area contributed by atoms with Crippen molar-refractivity contribution in [3.8, 4) is 24.5 Å². The largest absolute Gasteiger partial charge is 0.361 e. The van der Waals surface area contributed by atoms with Crippen molar-refractivity contribution >= 4 is 17.0 Å². The number of rotatable bonds is 2. The van der Waals surface area contributed by atoms with Crippen LogP contribution in [0.2, 0.25) is 0 Å². The van der Waals surface area contributed by atoms with Crippen LogP contribution in [0.3, 0.4) is 0 Å². The van der Waals surface area contributed by atoms with E-state index in [0.29, 0.717) is 11.1 Å². The molecule has 0 bridgehead atoms. The Balaban J connectivity index is 2.52. The van der Waals surface area contributed by atoms with Gasteiger partial charge in [0.2, 0.25) is 0 Å². The van der Waals surface area contributed by atoms with E-state index >= 15 is 0 Å². The van der Waals surface area contributed by atoms with E-state index in [4.69, 9.17) is 16.9 Å². The van der Waals surface area contributed by atoms with Gasteiger partial charge in [-0.1, -0.05) is 12.0 Å². The predicted molar refractivity (Wildman–Crippen MR) is 79.0 cm³/mol. The van der Waals surface area contributed by atoms with Gasteiger partial charge in [0.1, 0.15) is 17.7 Å². The average Bonchev–Trinajstić information content (AvgIpc) is 2.93. The smallest absolute Gasteiger partial charge is 0.133 e. The molecule has 1 aromatic heterocycles. The Morgan fingerprint density at radius 2 is 2.00 bits per heavy atom. The summed E-state index contributed by atoms with van der Waals surface area (Å²) in [5.41, 5.74) is 3.08. The third kappa shape index (κ3) is 2.46. The van der Waals surface area contributed by atoms with Crippen molar-refractivity contribution in [3.63, 3.8) is 0 Å². The van der Waals surface area contributed by atoms with E-state index in [9.17, 15) is 0 Å². The molecular formula is C17H11N3. The van der Waals surface area contributed by atoms with Crippen molar-refractivity contribution in [2.75, 3.05) is 0 Å². The number of nitrogens with zero attached hydrogens (tertiary/aromatic N) is 2. The quantitative estimate of drug-likeness (QED) is 0.508. The second-order valence-electron chi connectivity index (χ2n) is 4.25. The Bertz CT molecular complexity index is 827. The molecule has 0 unspecified atom stereocenters. The molecule has 0 spiro atoms. The maximum absolute atomic E-state index is 8.89. The molecule has 0 fully saturated rings. The first-order valence-corrected chi connectivity index (χ1v) is 5.96. The van der Waals surface area contributed by atoms with Gasteiger partial charge in [0, 0.05) is 17.3 Å². The van der Waals surface area contributed by atoms with Crippen molar-refractivity contribution in [1.82, 2.24) is 4.98 Å². The number of terminal acetylenes is 1. The van der Waals surface area contributed by atoms with Gasteiger partial charge in [-0.25, -0.2) is 0 Å². The fourth-order valence-corrected chi connectivity index (χ4v) is 1.91. The molecule has 1 heterocycles. The first kappa shape index (κ1) is 13.2. The number of allylic oxidation sites excluding steroid dienone is 3. The van der Waals surface area contributed by atoms with Gasteiger partial charge in [-0.3, -0.25) is 0 Å².